The van der Waals surface area contributed by atoms with Gasteiger partial charge in [-0.15, -0.1) is 0 Å². The quantitative estimate of drug-likeness (QED) is 0.833. The largest absolute Gasteiger partial charge is 0.508 e. The zero-order chi connectivity index (χ0) is 14.5. The van der Waals surface area contributed by atoms with Crippen molar-refractivity contribution >= 4 is 11.6 Å². The fourth-order valence-corrected chi connectivity index (χ4v) is 2.08. The van der Waals surface area contributed by atoms with Gasteiger partial charge in [-0.1, -0.05) is 29.8 Å². The van der Waals surface area contributed by atoms with Crippen molar-refractivity contribution in [2.24, 2.45) is 0 Å². The summed E-state index contributed by atoms with van der Waals surface area (Å²) >= 11 is 0. The summed E-state index contributed by atoms with van der Waals surface area (Å²) in [4.78, 5) is 11.9. The third-order valence-electron chi connectivity index (χ3n) is 3.20. The molecule has 0 spiro atoms. The molecule has 0 bridgehead atoms. The minimum absolute atomic E-state index is 0.0170. The molecule has 0 aliphatic rings. The van der Waals surface area contributed by atoms with Gasteiger partial charge in [-0.3, -0.25) is 4.79 Å². The Balaban J connectivity index is 1.91. The molecule has 1 amide bonds. The monoisotopic (exact) mass is 269 g/mol. The van der Waals surface area contributed by atoms with E-state index in [9.17, 15) is 9.90 Å². The number of phenolic OH excluding ortho intramolecular Hbond substituents is 1. The summed E-state index contributed by atoms with van der Waals surface area (Å²) in [6, 6.07) is 13.2. The lowest BCUT2D eigenvalue weighted by Gasteiger charge is -2.07. The number of aryl methyl sites for hydroxylation is 3. The van der Waals surface area contributed by atoms with Crippen LogP contribution in [0.3, 0.4) is 0 Å². The summed E-state index contributed by atoms with van der Waals surface area (Å²) in [5.41, 5.74) is 3.84. The van der Waals surface area contributed by atoms with Crippen molar-refractivity contribution < 1.29 is 9.90 Å². The van der Waals surface area contributed by atoms with Crippen molar-refractivity contribution in [1.82, 2.24) is 0 Å². The van der Waals surface area contributed by atoms with Gasteiger partial charge in [0.15, 0.2) is 0 Å². The number of carbonyl (C=O) groups excluding carboxylic acids is 1. The second-order valence-electron chi connectivity index (χ2n) is 5.04. The fourth-order valence-electron chi connectivity index (χ4n) is 2.08. The molecule has 3 heteroatoms. The lowest BCUT2D eigenvalue weighted by atomic mass is 10.1. The van der Waals surface area contributed by atoms with Crippen LogP contribution in [0.1, 0.15) is 23.1 Å². The standard InChI is InChI=1S/C17H19NO2/c1-12-4-3-5-14(10-12)6-9-17(20)18-15-7-8-16(19)13(2)11-15/h3-5,7-8,10-11,19H,6,9H2,1-2H3,(H,18,20). The van der Waals surface area contributed by atoms with E-state index in [1.165, 1.54) is 11.1 Å². The second-order valence-corrected chi connectivity index (χ2v) is 5.04. The molecular formula is C17H19NO2. The number of aromatic hydroxyl groups is 1. The first-order valence-electron chi connectivity index (χ1n) is 6.69. The zero-order valence-corrected chi connectivity index (χ0v) is 11.8. The minimum Gasteiger partial charge on any atom is -0.508 e. The van der Waals surface area contributed by atoms with Crippen LogP contribution in [-0.2, 0) is 11.2 Å². The number of hydrogen-bond donors (Lipinski definition) is 2. The van der Waals surface area contributed by atoms with E-state index >= 15 is 0 Å². The topological polar surface area (TPSA) is 49.3 Å². The molecule has 0 saturated carbocycles. The van der Waals surface area contributed by atoms with Crippen molar-refractivity contribution in [3.63, 3.8) is 0 Å². The molecule has 104 valence electrons. The van der Waals surface area contributed by atoms with E-state index < -0.39 is 0 Å². The molecule has 0 heterocycles. The van der Waals surface area contributed by atoms with Crippen molar-refractivity contribution in [2.45, 2.75) is 26.7 Å². The van der Waals surface area contributed by atoms with Crippen LogP contribution in [0.5, 0.6) is 5.75 Å². The maximum absolute atomic E-state index is 11.9. The van der Waals surface area contributed by atoms with E-state index in [0.29, 0.717) is 6.42 Å². The molecule has 0 unspecified atom stereocenters. The predicted molar refractivity (Wildman–Crippen MR) is 81.0 cm³/mol. The Bertz CT molecular complexity index is 620. The maximum Gasteiger partial charge on any atom is 0.224 e. The highest BCUT2D eigenvalue weighted by Crippen LogP contribution is 2.20. The van der Waals surface area contributed by atoms with E-state index in [-0.39, 0.29) is 11.7 Å². The Morgan fingerprint density at radius 2 is 1.95 bits per heavy atom. The highest BCUT2D eigenvalue weighted by atomic mass is 16.3. The van der Waals surface area contributed by atoms with Gasteiger partial charge >= 0.3 is 0 Å². The number of carbonyl (C=O) groups is 1. The molecule has 2 aromatic carbocycles. The molecule has 2 rings (SSSR count). The molecular weight excluding hydrogens is 250 g/mol. The first kappa shape index (κ1) is 14.1. The maximum atomic E-state index is 11.9. The van der Waals surface area contributed by atoms with E-state index in [4.69, 9.17) is 0 Å². The van der Waals surface area contributed by atoms with E-state index in [1.54, 1.807) is 25.1 Å². The minimum atomic E-state index is -0.0170. The SMILES string of the molecule is Cc1cccc(CCC(=O)Nc2ccc(O)c(C)c2)c1. The van der Waals surface area contributed by atoms with Crippen molar-refractivity contribution in [3.8, 4) is 5.75 Å². The summed E-state index contributed by atoms with van der Waals surface area (Å²) in [5, 5.41) is 12.3. The van der Waals surface area contributed by atoms with Gasteiger partial charge in [0.2, 0.25) is 5.91 Å². The van der Waals surface area contributed by atoms with Gasteiger partial charge in [-0.25, -0.2) is 0 Å². The Morgan fingerprint density at radius 3 is 2.65 bits per heavy atom. The zero-order valence-electron chi connectivity index (χ0n) is 11.8. The van der Waals surface area contributed by atoms with Gasteiger partial charge in [0, 0.05) is 12.1 Å². The Labute approximate surface area is 119 Å². The van der Waals surface area contributed by atoms with Gasteiger partial charge in [-0.2, -0.15) is 0 Å². The van der Waals surface area contributed by atoms with Crippen LogP contribution < -0.4 is 5.32 Å². The lowest BCUT2D eigenvalue weighted by molar-refractivity contribution is -0.116. The average molecular weight is 269 g/mol. The third kappa shape index (κ3) is 3.85. The molecule has 0 atom stereocenters. The van der Waals surface area contributed by atoms with Crippen molar-refractivity contribution in [3.05, 3.63) is 59.2 Å². The molecule has 0 aliphatic carbocycles. The Morgan fingerprint density at radius 1 is 1.15 bits per heavy atom. The molecule has 3 nitrogen and oxygen atoms in total. The van der Waals surface area contributed by atoms with Crippen LogP contribution in [0.2, 0.25) is 0 Å². The Kier molecular flexibility index (Phi) is 4.41. The summed E-state index contributed by atoms with van der Waals surface area (Å²) in [6.07, 6.45) is 1.17. The first-order chi connectivity index (χ1) is 9.54. The van der Waals surface area contributed by atoms with Crippen molar-refractivity contribution in [1.29, 1.82) is 0 Å². The molecule has 0 fully saturated rings. The molecule has 0 aliphatic heterocycles. The number of benzene rings is 2. The van der Waals surface area contributed by atoms with Crippen LogP contribution in [0.25, 0.3) is 0 Å². The number of amides is 1. The van der Waals surface area contributed by atoms with Crippen LogP contribution in [0.4, 0.5) is 5.69 Å². The van der Waals surface area contributed by atoms with Crippen LogP contribution >= 0.6 is 0 Å². The van der Waals surface area contributed by atoms with Gasteiger partial charge in [0.05, 0.1) is 0 Å². The highest BCUT2D eigenvalue weighted by molar-refractivity contribution is 5.91. The van der Waals surface area contributed by atoms with Gasteiger partial charge in [-0.05, 0) is 49.6 Å². The summed E-state index contributed by atoms with van der Waals surface area (Å²) < 4.78 is 0. The highest BCUT2D eigenvalue weighted by Gasteiger charge is 2.05. The van der Waals surface area contributed by atoms with Crippen LogP contribution in [0.15, 0.2) is 42.5 Å². The molecule has 0 saturated heterocycles. The van der Waals surface area contributed by atoms with Gasteiger partial charge in [0.1, 0.15) is 5.75 Å². The van der Waals surface area contributed by atoms with Crippen LogP contribution in [-0.4, -0.2) is 11.0 Å². The number of nitrogens with one attached hydrogen (secondary N) is 1. The van der Waals surface area contributed by atoms with Crippen LogP contribution in [0, 0.1) is 13.8 Å². The molecule has 0 radical (unpaired) electrons. The van der Waals surface area contributed by atoms with E-state index in [1.807, 2.05) is 25.1 Å². The third-order valence-corrected chi connectivity index (χ3v) is 3.20. The molecule has 2 N–H and O–H groups in total. The number of phenols is 1. The number of hydrogen-bond acceptors (Lipinski definition) is 2. The summed E-state index contributed by atoms with van der Waals surface area (Å²) in [6.45, 7) is 3.85. The summed E-state index contributed by atoms with van der Waals surface area (Å²) in [7, 11) is 0. The molecule has 2 aromatic rings. The Hall–Kier alpha value is -2.29. The van der Waals surface area contributed by atoms with E-state index in [0.717, 1.165) is 17.7 Å². The van der Waals surface area contributed by atoms with E-state index in [2.05, 4.69) is 11.4 Å². The average Bonchev–Trinajstić information content (AvgIpc) is 2.41. The number of anilines is 1. The summed E-state index contributed by atoms with van der Waals surface area (Å²) in [5.74, 6) is 0.222. The first-order valence-corrected chi connectivity index (χ1v) is 6.69. The molecule has 20 heavy (non-hydrogen) atoms. The van der Waals surface area contributed by atoms with Gasteiger partial charge in [0.25, 0.3) is 0 Å². The lowest BCUT2D eigenvalue weighted by Crippen LogP contribution is -2.12. The number of rotatable bonds is 4. The fraction of sp³-hybridized carbons (Fsp3) is 0.235. The molecule has 0 aromatic heterocycles. The normalized spacial score (nSPS) is 10.3. The van der Waals surface area contributed by atoms with Crippen molar-refractivity contribution in [2.75, 3.05) is 5.32 Å². The van der Waals surface area contributed by atoms with Gasteiger partial charge < -0.3 is 10.4 Å². The predicted octanol–water partition coefficient (Wildman–Crippen LogP) is 3.58. The second kappa shape index (κ2) is 6.24. The smallest absolute Gasteiger partial charge is 0.224 e.